The van der Waals surface area contributed by atoms with E-state index in [9.17, 15) is 17.6 Å². The fourth-order valence-corrected chi connectivity index (χ4v) is 2.82. The Morgan fingerprint density at radius 1 is 0.852 bits per heavy atom. The zero-order valence-corrected chi connectivity index (χ0v) is 15.4. The van der Waals surface area contributed by atoms with E-state index < -0.39 is 23.3 Å². The molecule has 0 amide bonds. The fourth-order valence-electron chi connectivity index (χ4n) is 2.59. The van der Waals surface area contributed by atoms with Crippen molar-refractivity contribution >= 4 is 10.2 Å². The molecule has 0 saturated heterocycles. The second-order valence-electron chi connectivity index (χ2n) is 6.10. The molecule has 0 spiro atoms. The maximum Gasteiger partial charge on any atom is 0.429 e. The first-order valence-corrected chi connectivity index (χ1v) is 8.88. The maximum absolute atomic E-state index is 14.4. The Kier molecular flexibility index (Phi) is 5.37. The Hall–Kier alpha value is -2.60. The number of hydrogen-bond donors (Lipinski definition) is 0. The molecular weight excluding hydrogens is 372 g/mol. The highest BCUT2D eigenvalue weighted by molar-refractivity contribution is 6.08. The summed E-state index contributed by atoms with van der Waals surface area (Å²) in [7, 11) is 3.38. The van der Waals surface area contributed by atoms with Crippen LogP contribution in [0.2, 0.25) is 0 Å². The summed E-state index contributed by atoms with van der Waals surface area (Å²) in [6.45, 7) is 1.50. The van der Waals surface area contributed by atoms with E-state index in [0.717, 1.165) is 23.8 Å². The SMILES string of the molecule is Cc1ccc(OC(F)(F)c2ccc(-c3ccc(C[Si])cc3)cc2F)cc1F. The van der Waals surface area contributed by atoms with Crippen molar-refractivity contribution < 1.29 is 22.3 Å². The fraction of sp³-hybridized carbons (Fsp3) is 0.143. The summed E-state index contributed by atoms with van der Waals surface area (Å²) in [6.07, 6.45) is -3.94. The third-order valence-corrected chi connectivity index (χ3v) is 4.57. The van der Waals surface area contributed by atoms with Crippen LogP contribution in [0.4, 0.5) is 17.6 Å². The summed E-state index contributed by atoms with van der Waals surface area (Å²) >= 11 is 0. The molecule has 3 aromatic carbocycles. The van der Waals surface area contributed by atoms with Gasteiger partial charge in [-0.1, -0.05) is 42.0 Å². The number of alkyl halides is 2. The number of benzene rings is 3. The number of rotatable bonds is 5. The van der Waals surface area contributed by atoms with E-state index in [2.05, 4.69) is 15.0 Å². The smallest absolute Gasteiger partial charge is 0.429 e. The van der Waals surface area contributed by atoms with Crippen LogP contribution in [0.5, 0.6) is 5.75 Å². The lowest BCUT2D eigenvalue weighted by Gasteiger charge is -2.19. The van der Waals surface area contributed by atoms with Crippen molar-refractivity contribution in [2.24, 2.45) is 0 Å². The molecule has 1 nitrogen and oxygen atoms in total. The van der Waals surface area contributed by atoms with E-state index in [-0.39, 0.29) is 5.75 Å². The minimum atomic E-state index is -3.94. The molecule has 0 unspecified atom stereocenters. The molecule has 3 aromatic rings. The molecule has 0 N–H and O–H groups in total. The molecule has 0 aliphatic heterocycles. The van der Waals surface area contributed by atoms with Gasteiger partial charge in [-0.05, 0) is 47.9 Å². The van der Waals surface area contributed by atoms with Crippen molar-refractivity contribution in [2.45, 2.75) is 19.1 Å². The Labute approximate surface area is 158 Å². The molecule has 27 heavy (non-hydrogen) atoms. The highest BCUT2D eigenvalue weighted by Crippen LogP contribution is 2.35. The Balaban J connectivity index is 1.87. The van der Waals surface area contributed by atoms with Crippen molar-refractivity contribution in [3.63, 3.8) is 0 Å². The van der Waals surface area contributed by atoms with Gasteiger partial charge in [-0.15, -0.1) is 0 Å². The molecule has 0 bridgehead atoms. The molecule has 0 atom stereocenters. The number of halogens is 4. The van der Waals surface area contributed by atoms with Gasteiger partial charge in [0.2, 0.25) is 0 Å². The summed E-state index contributed by atoms with van der Waals surface area (Å²) < 4.78 is 61.2. The second-order valence-corrected chi connectivity index (χ2v) is 6.45. The first kappa shape index (κ1) is 19.2. The second kappa shape index (κ2) is 7.56. The average Bonchev–Trinajstić information content (AvgIpc) is 2.64. The van der Waals surface area contributed by atoms with Crippen LogP contribution >= 0.6 is 0 Å². The van der Waals surface area contributed by atoms with Gasteiger partial charge in [0, 0.05) is 16.3 Å². The van der Waals surface area contributed by atoms with Gasteiger partial charge in [-0.2, -0.15) is 8.78 Å². The monoisotopic (exact) mass is 387 g/mol. The van der Waals surface area contributed by atoms with Crippen LogP contribution in [0.15, 0.2) is 60.7 Å². The molecule has 0 aliphatic carbocycles. The minimum absolute atomic E-state index is 0.298. The molecule has 0 aliphatic rings. The third kappa shape index (κ3) is 4.22. The molecular formula is C21H15F4OSi. The molecule has 0 saturated carbocycles. The van der Waals surface area contributed by atoms with Crippen LogP contribution in [0.25, 0.3) is 11.1 Å². The summed E-state index contributed by atoms with van der Waals surface area (Å²) in [6, 6.07) is 14.8. The zero-order chi connectivity index (χ0) is 19.6. The average molecular weight is 387 g/mol. The first-order valence-electron chi connectivity index (χ1n) is 8.17. The van der Waals surface area contributed by atoms with Gasteiger partial charge in [0.1, 0.15) is 17.4 Å². The van der Waals surface area contributed by atoms with Crippen LogP contribution in [-0.4, -0.2) is 10.2 Å². The van der Waals surface area contributed by atoms with Crippen molar-refractivity contribution in [2.75, 3.05) is 0 Å². The van der Waals surface area contributed by atoms with Crippen molar-refractivity contribution in [3.05, 3.63) is 89.0 Å². The Morgan fingerprint density at radius 2 is 1.52 bits per heavy atom. The van der Waals surface area contributed by atoms with E-state index in [1.807, 2.05) is 12.1 Å². The van der Waals surface area contributed by atoms with E-state index >= 15 is 0 Å². The standard InChI is InChI=1S/C21H15F4OSi/c1-13-2-8-17(11-19(13)22)26-21(24,25)18-9-7-16(10-20(18)23)15-5-3-14(12-27)4-6-15/h2-11H,12H2,1H3. The lowest BCUT2D eigenvalue weighted by molar-refractivity contribution is -0.187. The zero-order valence-electron chi connectivity index (χ0n) is 14.4. The topological polar surface area (TPSA) is 9.23 Å². The normalized spacial score (nSPS) is 11.5. The predicted molar refractivity (Wildman–Crippen MR) is 97.0 cm³/mol. The highest BCUT2D eigenvalue weighted by atomic mass is 28.1. The van der Waals surface area contributed by atoms with Crippen LogP contribution < -0.4 is 4.74 Å². The van der Waals surface area contributed by atoms with Gasteiger partial charge < -0.3 is 4.74 Å². The molecule has 137 valence electrons. The van der Waals surface area contributed by atoms with Crippen molar-refractivity contribution in [1.82, 2.24) is 0 Å². The van der Waals surface area contributed by atoms with Gasteiger partial charge in [-0.25, -0.2) is 8.78 Å². The van der Waals surface area contributed by atoms with Gasteiger partial charge in [0.05, 0.1) is 5.56 Å². The summed E-state index contributed by atoms with van der Waals surface area (Å²) in [5, 5.41) is 0. The summed E-state index contributed by atoms with van der Waals surface area (Å²) in [5.41, 5.74) is 1.59. The van der Waals surface area contributed by atoms with Gasteiger partial charge in [0.15, 0.2) is 0 Å². The lowest BCUT2D eigenvalue weighted by atomic mass is 10.0. The molecule has 6 heteroatoms. The van der Waals surface area contributed by atoms with Crippen LogP contribution in [-0.2, 0) is 12.2 Å². The summed E-state index contributed by atoms with van der Waals surface area (Å²) in [5.74, 6) is -2.16. The van der Waals surface area contributed by atoms with Crippen molar-refractivity contribution in [3.8, 4) is 16.9 Å². The Morgan fingerprint density at radius 3 is 2.11 bits per heavy atom. The first-order chi connectivity index (χ1) is 12.8. The van der Waals surface area contributed by atoms with Crippen LogP contribution in [0.3, 0.4) is 0 Å². The maximum atomic E-state index is 14.4. The van der Waals surface area contributed by atoms with Gasteiger partial charge in [0.25, 0.3) is 0 Å². The largest absolute Gasteiger partial charge is 0.429 e. The van der Waals surface area contributed by atoms with Gasteiger partial charge in [-0.3, -0.25) is 0 Å². The number of aryl methyl sites for hydroxylation is 1. The lowest BCUT2D eigenvalue weighted by Crippen LogP contribution is -2.23. The predicted octanol–water partition coefficient (Wildman–Crippen LogP) is 5.74. The number of ether oxygens (including phenoxy) is 1. The molecule has 3 rings (SSSR count). The van der Waals surface area contributed by atoms with Crippen molar-refractivity contribution in [1.29, 1.82) is 0 Å². The molecule has 3 radical (unpaired) electrons. The number of hydrogen-bond acceptors (Lipinski definition) is 1. The van der Waals surface area contributed by atoms with Crippen LogP contribution in [0, 0.1) is 18.6 Å². The summed E-state index contributed by atoms with van der Waals surface area (Å²) in [4.78, 5) is 0. The van der Waals surface area contributed by atoms with E-state index in [0.29, 0.717) is 22.7 Å². The molecule has 0 heterocycles. The van der Waals surface area contributed by atoms with Gasteiger partial charge >= 0.3 is 6.11 Å². The van der Waals surface area contributed by atoms with Crippen LogP contribution in [0.1, 0.15) is 16.7 Å². The molecule has 0 aromatic heterocycles. The van der Waals surface area contributed by atoms with E-state index in [1.165, 1.54) is 25.1 Å². The van der Waals surface area contributed by atoms with E-state index in [1.54, 1.807) is 12.1 Å². The van der Waals surface area contributed by atoms with E-state index in [4.69, 9.17) is 0 Å². The Bertz CT molecular complexity index is 955. The third-order valence-electron chi connectivity index (χ3n) is 4.16. The highest BCUT2D eigenvalue weighted by Gasteiger charge is 2.37. The quantitative estimate of drug-likeness (QED) is 0.401. The minimum Gasteiger partial charge on any atom is -0.429 e. The molecule has 0 fully saturated rings.